The molecule has 0 saturated carbocycles. The average Bonchev–Trinajstić information content (AvgIpc) is 2.71. The maximum Gasteiger partial charge on any atom is 0.320 e. The van der Waals surface area contributed by atoms with Crippen molar-refractivity contribution in [2.75, 3.05) is 18.0 Å². The second-order valence-corrected chi connectivity index (χ2v) is 4.42. The van der Waals surface area contributed by atoms with Crippen LogP contribution in [0.25, 0.3) is 0 Å². The molecule has 1 aromatic rings. The van der Waals surface area contributed by atoms with Crippen LogP contribution < -0.4 is 11.5 Å². The minimum absolute atomic E-state index is 0.393. The van der Waals surface area contributed by atoms with Gasteiger partial charge in [0.25, 0.3) is 0 Å². The molecule has 92 valence electrons. The number of carbonyl (C=O) groups is 1. The molecule has 0 unspecified atom stereocenters. The fourth-order valence-corrected chi connectivity index (χ4v) is 2.28. The number of aliphatic carboxylic acids is 1. The summed E-state index contributed by atoms with van der Waals surface area (Å²) in [5.41, 5.74) is 13.8. The van der Waals surface area contributed by atoms with Crippen LogP contribution in [-0.2, 0) is 11.3 Å². The van der Waals surface area contributed by atoms with Crippen LogP contribution in [0.15, 0.2) is 18.2 Å². The standard InChI is InChI=1S/C12H17N3O2/c13-9-3-4-10(14)8(6-9)7-15-5-1-2-11(15)12(16)17/h3-4,6,11H,1-2,5,7,13-14H2,(H,16,17)/t11-/m0/s1. The molecular formula is C12H17N3O2. The van der Waals surface area contributed by atoms with Crippen molar-refractivity contribution >= 4 is 17.3 Å². The number of hydrogen-bond acceptors (Lipinski definition) is 4. The minimum Gasteiger partial charge on any atom is -0.480 e. The van der Waals surface area contributed by atoms with E-state index < -0.39 is 12.0 Å². The number of nitrogens with two attached hydrogens (primary N) is 2. The molecule has 1 aliphatic rings. The summed E-state index contributed by atoms with van der Waals surface area (Å²) >= 11 is 0. The largest absolute Gasteiger partial charge is 0.480 e. The van der Waals surface area contributed by atoms with Gasteiger partial charge in [0.1, 0.15) is 6.04 Å². The highest BCUT2D eigenvalue weighted by molar-refractivity contribution is 5.73. The van der Waals surface area contributed by atoms with Crippen molar-refractivity contribution in [3.8, 4) is 0 Å². The zero-order chi connectivity index (χ0) is 12.4. The Hall–Kier alpha value is -1.75. The first kappa shape index (κ1) is 11.7. The topological polar surface area (TPSA) is 92.6 Å². The van der Waals surface area contributed by atoms with E-state index in [0.717, 1.165) is 18.5 Å². The van der Waals surface area contributed by atoms with Gasteiger partial charge in [0.15, 0.2) is 0 Å². The molecule has 0 aliphatic carbocycles. The molecular weight excluding hydrogens is 218 g/mol. The van der Waals surface area contributed by atoms with Crippen molar-refractivity contribution in [2.24, 2.45) is 0 Å². The van der Waals surface area contributed by atoms with Gasteiger partial charge >= 0.3 is 5.97 Å². The molecule has 0 spiro atoms. The lowest BCUT2D eigenvalue weighted by Gasteiger charge is -2.21. The van der Waals surface area contributed by atoms with E-state index in [9.17, 15) is 4.79 Å². The molecule has 2 rings (SSSR count). The Kier molecular flexibility index (Phi) is 3.19. The quantitative estimate of drug-likeness (QED) is 0.677. The number of likely N-dealkylation sites (tertiary alicyclic amines) is 1. The summed E-state index contributed by atoms with van der Waals surface area (Å²) in [7, 11) is 0. The van der Waals surface area contributed by atoms with Crippen LogP contribution in [0.3, 0.4) is 0 Å². The SMILES string of the molecule is Nc1ccc(N)c(CN2CCC[C@H]2C(=O)O)c1. The van der Waals surface area contributed by atoms with Crippen molar-refractivity contribution in [1.82, 2.24) is 4.90 Å². The molecule has 1 aromatic carbocycles. The van der Waals surface area contributed by atoms with E-state index in [0.29, 0.717) is 24.3 Å². The van der Waals surface area contributed by atoms with Crippen LogP contribution in [0.4, 0.5) is 11.4 Å². The third-order valence-electron chi connectivity index (χ3n) is 3.19. The van der Waals surface area contributed by atoms with Gasteiger partial charge in [-0.1, -0.05) is 0 Å². The van der Waals surface area contributed by atoms with Gasteiger partial charge in [-0.15, -0.1) is 0 Å². The number of nitrogens with zero attached hydrogens (tertiary/aromatic N) is 1. The number of benzene rings is 1. The first-order chi connectivity index (χ1) is 8.08. The Labute approximate surface area is 100 Å². The fourth-order valence-electron chi connectivity index (χ4n) is 2.28. The van der Waals surface area contributed by atoms with Crippen LogP contribution >= 0.6 is 0 Å². The molecule has 0 bridgehead atoms. The first-order valence-corrected chi connectivity index (χ1v) is 5.68. The van der Waals surface area contributed by atoms with Gasteiger partial charge in [-0.2, -0.15) is 0 Å². The van der Waals surface area contributed by atoms with Crippen molar-refractivity contribution in [3.63, 3.8) is 0 Å². The van der Waals surface area contributed by atoms with Crippen molar-refractivity contribution < 1.29 is 9.90 Å². The van der Waals surface area contributed by atoms with E-state index >= 15 is 0 Å². The van der Waals surface area contributed by atoms with E-state index in [-0.39, 0.29) is 0 Å². The maximum absolute atomic E-state index is 11.1. The van der Waals surface area contributed by atoms with Crippen LogP contribution in [0.5, 0.6) is 0 Å². The van der Waals surface area contributed by atoms with Crippen LogP contribution in [0.1, 0.15) is 18.4 Å². The summed E-state index contributed by atoms with van der Waals surface area (Å²) in [6.07, 6.45) is 1.62. The summed E-state index contributed by atoms with van der Waals surface area (Å²) in [5.74, 6) is -0.759. The zero-order valence-corrected chi connectivity index (χ0v) is 9.60. The van der Waals surface area contributed by atoms with E-state index in [1.54, 1.807) is 12.1 Å². The Morgan fingerprint density at radius 2 is 2.24 bits per heavy atom. The summed E-state index contributed by atoms with van der Waals surface area (Å²) < 4.78 is 0. The normalized spacial score (nSPS) is 20.6. The number of carboxylic acid groups (broad SMARTS) is 1. The van der Waals surface area contributed by atoms with Crippen LogP contribution in [0.2, 0.25) is 0 Å². The molecule has 1 aliphatic heterocycles. The maximum atomic E-state index is 11.1. The lowest BCUT2D eigenvalue weighted by Crippen LogP contribution is -2.35. The Morgan fingerprint density at radius 3 is 2.94 bits per heavy atom. The van der Waals surface area contributed by atoms with E-state index in [1.165, 1.54) is 0 Å². The molecule has 17 heavy (non-hydrogen) atoms. The smallest absolute Gasteiger partial charge is 0.320 e. The van der Waals surface area contributed by atoms with Gasteiger partial charge in [-0.25, -0.2) is 0 Å². The fraction of sp³-hybridized carbons (Fsp3) is 0.417. The summed E-state index contributed by atoms with van der Waals surface area (Å²) in [6.45, 7) is 1.35. The lowest BCUT2D eigenvalue weighted by atomic mass is 10.1. The number of anilines is 2. The summed E-state index contributed by atoms with van der Waals surface area (Å²) in [5, 5.41) is 9.09. The van der Waals surface area contributed by atoms with Gasteiger partial charge in [-0.05, 0) is 43.1 Å². The lowest BCUT2D eigenvalue weighted by molar-refractivity contribution is -0.142. The molecule has 1 saturated heterocycles. The van der Waals surface area contributed by atoms with Gasteiger partial charge in [0.05, 0.1) is 0 Å². The second-order valence-electron chi connectivity index (χ2n) is 4.42. The van der Waals surface area contributed by atoms with Gasteiger partial charge in [0, 0.05) is 17.9 Å². The number of carboxylic acids is 1. The van der Waals surface area contributed by atoms with Crippen LogP contribution in [-0.4, -0.2) is 28.6 Å². The third kappa shape index (κ3) is 2.50. The van der Waals surface area contributed by atoms with E-state index in [1.807, 2.05) is 11.0 Å². The predicted octanol–water partition coefficient (Wildman–Crippen LogP) is 0.900. The molecule has 1 fully saturated rings. The van der Waals surface area contributed by atoms with E-state index in [4.69, 9.17) is 16.6 Å². The molecule has 0 amide bonds. The monoisotopic (exact) mass is 235 g/mol. The molecule has 0 radical (unpaired) electrons. The molecule has 1 heterocycles. The van der Waals surface area contributed by atoms with Gasteiger partial charge in [-0.3, -0.25) is 9.69 Å². The van der Waals surface area contributed by atoms with Crippen molar-refractivity contribution in [1.29, 1.82) is 0 Å². The Morgan fingerprint density at radius 1 is 1.47 bits per heavy atom. The highest BCUT2D eigenvalue weighted by atomic mass is 16.4. The third-order valence-corrected chi connectivity index (χ3v) is 3.19. The summed E-state index contributed by atoms with van der Waals surface area (Å²) in [6, 6.07) is 4.93. The number of rotatable bonds is 3. The van der Waals surface area contributed by atoms with E-state index in [2.05, 4.69) is 0 Å². The zero-order valence-electron chi connectivity index (χ0n) is 9.60. The predicted molar refractivity (Wildman–Crippen MR) is 66.3 cm³/mol. The van der Waals surface area contributed by atoms with Gasteiger partial charge < -0.3 is 16.6 Å². The molecule has 0 aromatic heterocycles. The van der Waals surface area contributed by atoms with Crippen molar-refractivity contribution in [3.05, 3.63) is 23.8 Å². The van der Waals surface area contributed by atoms with Crippen LogP contribution in [0, 0.1) is 0 Å². The molecule has 5 nitrogen and oxygen atoms in total. The number of hydrogen-bond donors (Lipinski definition) is 3. The highest BCUT2D eigenvalue weighted by Gasteiger charge is 2.30. The first-order valence-electron chi connectivity index (χ1n) is 5.68. The number of nitrogen functional groups attached to an aromatic ring is 2. The minimum atomic E-state index is -0.759. The Bertz CT molecular complexity index is 434. The van der Waals surface area contributed by atoms with Gasteiger partial charge in [0.2, 0.25) is 0 Å². The molecule has 1 atom stereocenters. The second kappa shape index (κ2) is 4.63. The molecule has 5 N–H and O–H groups in total. The highest BCUT2D eigenvalue weighted by Crippen LogP contribution is 2.23. The summed E-state index contributed by atoms with van der Waals surface area (Å²) in [4.78, 5) is 13.0. The van der Waals surface area contributed by atoms with Crippen molar-refractivity contribution in [2.45, 2.75) is 25.4 Å². The average molecular weight is 235 g/mol. The molecule has 5 heteroatoms. The Balaban J connectivity index is 2.15.